The molecule has 8 nitrogen and oxygen atoms in total. The van der Waals surface area contributed by atoms with Crippen LogP contribution in [0.3, 0.4) is 0 Å². The van der Waals surface area contributed by atoms with Crippen molar-refractivity contribution < 1.29 is 28.6 Å². The molecule has 216 valence electrons. The van der Waals surface area contributed by atoms with Gasteiger partial charge in [-0.2, -0.15) is 0 Å². The molecule has 2 N–H and O–H groups in total. The first-order chi connectivity index (χ1) is 19.2. The molecule has 40 heavy (non-hydrogen) atoms. The van der Waals surface area contributed by atoms with E-state index in [2.05, 4.69) is 34.9 Å². The van der Waals surface area contributed by atoms with E-state index >= 15 is 0 Å². The molecule has 2 aromatic carbocycles. The van der Waals surface area contributed by atoms with Gasteiger partial charge in [-0.1, -0.05) is 55.0 Å². The van der Waals surface area contributed by atoms with Crippen molar-refractivity contribution in [2.24, 2.45) is 0 Å². The maximum Gasteiger partial charge on any atom is 0.408 e. The van der Waals surface area contributed by atoms with Crippen molar-refractivity contribution in [3.8, 4) is 11.1 Å². The Bertz CT molecular complexity index is 1120. The molecule has 0 spiro atoms. The number of hydrogen-bond donors (Lipinski definition) is 2. The molecule has 1 unspecified atom stereocenters. The molecule has 2 aliphatic rings. The number of benzene rings is 2. The van der Waals surface area contributed by atoms with Gasteiger partial charge in [0.05, 0.1) is 0 Å². The molecule has 0 bridgehead atoms. The smallest absolute Gasteiger partial charge is 0.408 e. The summed E-state index contributed by atoms with van der Waals surface area (Å²) < 4.78 is 16.7. The van der Waals surface area contributed by atoms with Crippen LogP contribution in [0.1, 0.15) is 89.2 Å². The molecule has 0 aromatic heterocycles. The molecule has 2 amide bonds. The predicted molar refractivity (Wildman–Crippen MR) is 153 cm³/mol. The second kappa shape index (κ2) is 13.7. The number of rotatable bonds is 10. The Hall–Kier alpha value is -3.55. The van der Waals surface area contributed by atoms with Crippen molar-refractivity contribution in [3.05, 3.63) is 59.7 Å². The quantitative estimate of drug-likeness (QED) is 0.200. The first kappa shape index (κ1) is 29.4. The van der Waals surface area contributed by atoms with Gasteiger partial charge in [0.15, 0.2) is 0 Å². The van der Waals surface area contributed by atoms with Crippen LogP contribution in [0.25, 0.3) is 11.1 Å². The maximum absolute atomic E-state index is 12.9. The number of unbranched alkanes of at least 4 members (excludes halogenated alkanes) is 1. The summed E-state index contributed by atoms with van der Waals surface area (Å²) in [6.45, 7) is 5.98. The third kappa shape index (κ3) is 8.23. The van der Waals surface area contributed by atoms with Gasteiger partial charge >= 0.3 is 18.2 Å². The molecule has 0 aliphatic heterocycles. The SMILES string of the molecule is CC(C)(C)OC(=O)NC(CCCCNC(=O)OCC1c2ccccc2-c2ccccc21)C(=O)OC1CCCCC1. The fraction of sp³-hybridized carbons (Fsp3) is 0.531. The molecule has 2 aliphatic carbocycles. The summed E-state index contributed by atoms with van der Waals surface area (Å²) in [6, 6.07) is 15.6. The zero-order valence-corrected chi connectivity index (χ0v) is 23.9. The zero-order chi connectivity index (χ0) is 28.5. The van der Waals surface area contributed by atoms with E-state index in [4.69, 9.17) is 14.2 Å². The van der Waals surface area contributed by atoms with E-state index in [1.54, 1.807) is 20.8 Å². The minimum Gasteiger partial charge on any atom is -0.461 e. The lowest BCUT2D eigenvalue weighted by atomic mass is 9.97. The molecular weight excluding hydrogens is 508 g/mol. The van der Waals surface area contributed by atoms with Crippen molar-refractivity contribution >= 4 is 18.2 Å². The van der Waals surface area contributed by atoms with Gasteiger partial charge in [-0.15, -0.1) is 0 Å². The lowest BCUT2D eigenvalue weighted by Crippen LogP contribution is -2.45. The highest BCUT2D eigenvalue weighted by Crippen LogP contribution is 2.44. The molecule has 0 saturated heterocycles. The normalized spacial score (nSPS) is 15.9. The van der Waals surface area contributed by atoms with Gasteiger partial charge in [0.25, 0.3) is 0 Å². The Morgan fingerprint density at radius 3 is 2.12 bits per heavy atom. The first-order valence-electron chi connectivity index (χ1n) is 14.5. The average Bonchev–Trinajstić information content (AvgIpc) is 3.24. The summed E-state index contributed by atoms with van der Waals surface area (Å²) in [6.07, 6.45) is 5.35. The highest BCUT2D eigenvalue weighted by molar-refractivity contribution is 5.81. The van der Waals surface area contributed by atoms with Gasteiger partial charge in [-0.25, -0.2) is 14.4 Å². The van der Waals surface area contributed by atoms with Crippen molar-refractivity contribution in [1.82, 2.24) is 10.6 Å². The Morgan fingerprint density at radius 2 is 1.50 bits per heavy atom. The molecule has 1 atom stereocenters. The Morgan fingerprint density at radius 1 is 0.875 bits per heavy atom. The van der Waals surface area contributed by atoms with Gasteiger partial charge in [0, 0.05) is 12.5 Å². The van der Waals surface area contributed by atoms with Crippen LogP contribution < -0.4 is 10.6 Å². The second-order valence-electron chi connectivity index (χ2n) is 11.6. The fourth-order valence-corrected chi connectivity index (χ4v) is 5.44. The topological polar surface area (TPSA) is 103 Å². The third-order valence-electron chi connectivity index (χ3n) is 7.34. The zero-order valence-electron chi connectivity index (χ0n) is 23.9. The minimum absolute atomic E-state index is 0.00742. The molecule has 0 radical (unpaired) electrons. The first-order valence-corrected chi connectivity index (χ1v) is 14.5. The van der Waals surface area contributed by atoms with Crippen LogP contribution in [0, 0.1) is 0 Å². The molecular formula is C32H42N2O6. The van der Waals surface area contributed by atoms with E-state index in [-0.39, 0.29) is 18.6 Å². The van der Waals surface area contributed by atoms with Crippen LogP contribution in [0.15, 0.2) is 48.5 Å². The average molecular weight is 551 g/mol. The van der Waals surface area contributed by atoms with Crippen molar-refractivity contribution in [2.75, 3.05) is 13.2 Å². The number of ether oxygens (including phenoxy) is 3. The standard InChI is InChI=1S/C32H42N2O6/c1-32(2,3)40-31(37)34-28(29(35)39-22-13-5-4-6-14-22)19-11-12-20-33-30(36)38-21-27-25-17-9-7-15-23(25)24-16-8-10-18-26(24)27/h7-10,15-18,22,27-28H,4-6,11-14,19-21H2,1-3H3,(H,33,36)(H,34,37). The molecule has 1 fully saturated rings. The number of fused-ring (bicyclic) bond motifs is 3. The number of esters is 1. The van der Waals surface area contributed by atoms with E-state index in [9.17, 15) is 14.4 Å². The molecule has 0 heterocycles. The molecule has 8 heteroatoms. The van der Waals surface area contributed by atoms with Crippen LogP contribution in [-0.2, 0) is 19.0 Å². The number of hydrogen-bond acceptors (Lipinski definition) is 6. The van der Waals surface area contributed by atoms with Gasteiger partial charge < -0.3 is 24.8 Å². The van der Waals surface area contributed by atoms with E-state index in [1.165, 1.54) is 22.3 Å². The van der Waals surface area contributed by atoms with E-state index < -0.39 is 29.8 Å². The van der Waals surface area contributed by atoms with Crippen LogP contribution in [0.5, 0.6) is 0 Å². The maximum atomic E-state index is 12.9. The highest BCUT2D eigenvalue weighted by Gasteiger charge is 2.30. The van der Waals surface area contributed by atoms with Crippen molar-refractivity contribution in [2.45, 2.75) is 95.8 Å². The van der Waals surface area contributed by atoms with Crippen LogP contribution >= 0.6 is 0 Å². The van der Waals surface area contributed by atoms with Crippen LogP contribution in [-0.4, -0.2) is 49.1 Å². The van der Waals surface area contributed by atoms with Gasteiger partial charge in [0.1, 0.15) is 24.4 Å². The number of carbonyl (C=O) groups is 3. The van der Waals surface area contributed by atoms with Gasteiger partial charge in [-0.3, -0.25) is 0 Å². The summed E-state index contributed by atoms with van der Waals surface area (Å²) in [4.78, 5) is 37.7. The molecule has 2 aromatic rings. The monoisotopic (exact) mass is 550 g/mol. The van der Waals surface area contributed by atoms with E-state index in [0.717, 1.165) is 32.1 Å². The Labute approximate surface area is 237 Å². The van der Waals surface area contributed by atoms with E-state index in [1.807, 2.05) is 24.3 Å². The Balaban J connectivity index is 1.22. The van der Waals surface area contributed by atoms with Crippen LogP contribution in [0.4, 0.5) is 9.59 Å². The van der Waals surface area contributed by atoms with E-state index in [0.29, 0.717) is 25.8 Å². The lowest BCUT2D eigenvalue weighted by molar-refractivity contribution is -0.153. The summed E-state index contributed by atoms with van der Waals surface area (Å²) in [7, 11) is 0. The second-order valence-corrected chi connectivity index (χ2v) is 11.6. The highest BCUT2D eigenvalue weighted by atomic mass is 16.6. The lowest BCUT2D eigenvalue weighted by Gasteiger charge is -2.26. The van der Waals surface area contributed by atoms with Crippen molar-refractivity contribution in [1.29, 1.82) is 0 Å². The number of amides is 2. The summed E-state index contributed by atoms with van der Waals surface area (Å²) >= 11 is 0. The Kier molecular flexibility index (Phi) is 10.1. The van der Waals surface area contributed by atoms with Crippen molar-refractivity contribution in [3.63, 3.8) is 0 Å². The summed E-state index contributed by atoms with van der Waals surface area (Å²) in [5.41, 5.74) is 4.03. The largest absolute Gasteiger partial charge is 0.461 e. The molecule has 1 saturated carbocycles. The number of alkyl carbamates (subject to hydrolysis) is 2. The minimum atomic E-state index is -0.800. The number of carbonyl (C=O) groups excluding carboxylic acids is 3. The number of nitrogens with one attached hydrogen (secondary N) is 2. The fourth-order valence-electron chi connectivity index (χ4n) is 5.44. The van der Waals surface area contributed by atoms with Crippen LogP contribution in [0.2, 0.25) is 0 Å². The predicted octanol–water partition coefficient (Wildman–Crippen LogP) is 6.46. The summed E-state index contributed by atoms with van der Waals surface area (Å²) in [5.74, 6) is -0.421. The summed E-state index contributed by atoms with van der Waals surface area (Å²) in [5, 5.41) is 5.49. The third-order valence-corrected chi connectivity index (χ3v) is 7.34. The van der Waals surface area contributed by atoms with Gasteiger partial charge in [-0.05, 0) is 88.0 Å². The molecule has 4 rings (SSSR count). The van der Waals surface area contributed by atoms with Gasteiger partial charge in [0.2, 0.25) is 0 Å².